The Morgan fingerprint density at radius 1 is 1.11 bits per heavy atom. The van der Waals surface area contributed by atoms with E-state index < -0.39 is 0 Å². The van der Waals surface area contributed by atoms with E-state index in [9.17, 15) is 0 Å². The van der Waals surface area contributed by atoms with Crippen molar-refractivity contribution < 1.29 is 0 Å². The van der Waals surface area contributed by atoms with Crippen LogP contribution in [0, 0.1) is 6.92 Å². The molecule has 3 nitrogen and oxygen atoms in total. The van der Waals surface area contributed by atoms with Gasteiger partial charge >= 0.3 is 0 Å². The number of rotatable bonds is 2. The predicted octanol–water partition coefficient (Wildman–Crippen LogP) is 4.34. The van der Waals surface area contributed by atoms with E-state index in [2.05, 4.69) is 49.9 Å². The van der Waals surface area contributed by atoms with Crippen molar-refractivity contribution in [1.82, 2.24) is 15.0 Å². The van der Waals surface area contributed by atoms with Gasteiger partial charge in [0.2, 0.25) is 0 Å². The van der Waals surface area contributed by atoms with E-state index in [1.165, 1.54) is 4.88 Å². The molecular weight excluding hydrogens is 322 g/mol. The largest absolute Gasteiger partial charge is 0.261 e. The first kappa shape index (κ1) is 12.4. The Hall–Kier alpha value is -1.59. The predicted molar refractivity (Wildman–Crippen MR) is 81.0 cm³/mol. The molecule has 0 fully saturated rings. The lowest BCUT2D eigenvalue weighted by molar-refractivity contribution is 1.19. The van der Waals surface area contributed by atoms with Crippen LogP contribution in [0.25, 0.3) is 22.0 Å². The van der Waals surface area contributed by atoms with E-state index in [1.807, 2.05) is 12.1 Å². The zero-order chi connectivity index (χ0) is 13.2. The summed E-state index contributed by atoms with van der Waals surface area (Å²) in [5, 5.41) is 0.906. The highest BCUT2D eigenvalue weighted by atomic mass is 79.9. The number of hydrogen-bond donors (Lipinski definition) is 0. The average Bonchev–Trinajstić information content (AvgIpc) is 2.83. The van der Waals surface area contributed by atoms with Crippen molar-refractivity contribution in [2.45, 2.75) is 6.92 Å². The normalized spacial score (nSPS) is 10.6. The summed E-state index contributed by atoms with van der Waals surface area (Å²) >= 11 is 5.08. The van der Waals surface area contributed by atoms with Gasteiger partial charge in [-0.1, -0.05) is 28.1 Å². The van der Waals surface area contributed by atoms with Gasteiger partial charge in [-0.3, -0.25) is 9.97 Å². The highest BCUT2D eigenvalue weighted by Crippen LogP contribution is 2.32. The van der Waals surface area contributed by atoms with Crippen molar-refractivity contribution in [3.63, 3.8) is 0 Å². The van der Waals surface area contributed by atoms with Crippen LogP contribution in [-0.2, 0) is 0 Å². The molecule has 0 N–H and O–H groups in total. The summed E-state index contributed by atoms with van der Waals surface area (Å²) in [7, 11) is 0. The molecule has 0 aliphatic rings. The summed E-state index contributed by atoms with van der Waals surface area (Å²) < 4.78 is 1.07. The van der Waals surface area contributed by atoms with Gasteiger partial charge in [-0.25, -0.2) is 4.98 Å². The molecule has 0 radical (unpaired) electrons. The molecule has 0 atom stereocenters. The quantitative estimate of drug-likeness (QED) is 0.701. The number of nitrogens with zero attached hydrogens (tertiary/aromatic N) is 3. The van der Waals surface area contributed by atoms with Gasteiger partial charge in [-0.05, 0) is 19.1 Å². The molecule has 0 amide bonds. The third-order valence-electron chi connectivity index (χ3n) is 2.70. The van der Waals surface area contributed by atoms with Crippen molar-refractivity contribution in [2.24, 2.45) is 0 Å². The van der Waals surface area contributed by atoms with Crippen molar-refractivity contribution in [1.29, 1.82) is 0 Å². The molecule has 2 aromatic heterocycles. The molecule has 94 valence electrons. The highest BCUT2D eigenvalue weighted by molar-refractivity contribution is 9.10. The Morgan fingerprint density at radius 3 is 2.58 bits per heavy atom. The Kier molecular flexibility index (Phi) is 3.40. The summed E-state index contributed by atoms with van der Waals surface area (Å²) in [5.74, 6) is 0. The van der Waals surface area contributed by atoms with Gasteiger partial charge in [-0.15, -0.1) is 11.3 Å². The summed E-state index contributed by atoms with van der Waals surface area (Å²) in [6.07, 6.45) is 5.09. The average molecular weight is 332 g/mol. The van der Waals surface area contributed by atoms with Crippen molar-refractivity contribution in [3.05, 3.63) is 52.2 Å². The third-order valence-corrected chi connectivity index (χ3v) is 4.22. The first-order chi connectivity index (χ1) is 9.24. The van der Waals surface area contributed by atoms with Crippen LogP contribution in [0.1, 0.15) is 4.88 Å². The number of thiazole rings is 1. The second-order valence-electron chi connectivity index (χ2n) is 4.02. The summed E-state index contributed by atoms with van der Waals surface area (Å²) in [5.41, 5.74) is 2.95. The number of aryl methyl sites for hydroxylation is 1. The van der Waals surface area contributed by atoms with Gasteiger partial charge in [0.25, 0.3) is 0 Å². The lowest BCUT2D eigenvalue weighted by Crippen LogP contribution is -1.84. The lowest BCUT2D eigenvalue weighted by atomic mass is 10.1. The van der Waals surface area contributed by atoms with Crippen LogP contribution >= 0.6 is 27.3 Å². The van der Waals surface area contributed by atoms with E-state index in [4.69, 9.17) is 0 Å². The first-order valence-electron chi connectivity index (χ1n) is 5.74. The Labute approximate surface area is 123 Å². The van der Waals surface area contributed by atoms with E-state index in [1.54, 1.807) is 29.9 Å². The van der Waals surface area contributed by atoms with Gasteiger partial charge in [0.15, 0.2) is 0 Å². The Balaban J connectivity index is 2.05. The fourth-order valence-corrected chi connectivity index (χ4v) is 2.95. The topological polar surface area (TPSA) is 38.7 Å². The minimum Gasteiger partial charge on any atom is -0.261 e. The van der Waals surface area contributed by atoms with Crippen LogP contribution < -0.4 is 0 Å². The number of aromatic nitrogens is 3. The lowest BCUT2D eigenvalue weighted by Gasteiger charge is -1.98. The number of hydrogen-bond acceptors (Lipinski definition) is 4. The molecule has 0 saturated carbocycles. The van der Waals surface area contributed by atoms with Gasteiger partial charge < -0.3 is 0 Å². The molecule has 0 aliphatic carbocycles. The van der Waals surface area contributed by atoms with Crippen LogP contribution in [0.3, 0.4) is 0 Å². The van der Waals surface area contributed by atoms with Crippen LogP contribution in [0.4, 0.5) is 0 Å². The second kappa shape index (κ2) is 5.19. The minimum atomic E-state index is 0.818. The Morgan fingerprint density at radius 2 is 1.89 bits per heavy atom. The molecule has 0 saturated heterocycles. The molecule has 0 spiro atoms. The van der Waals surface area contributed by atoms with Gasteiger partial charge in [0, 0.05) is 27.3 Å². The molecule has 0 bridgehead atoms. The maximum absolute atomic E-state index is 4.68. The number of halogens is 1. The monoisotopic (exact) mass is 331 g/mol. The maximum Gasteiger partial charge on any atom is 0.144 e. The first-order valence-corrected chi connectivity index (χ1v) is 7.35. The third kappa shape index (κ3) is 2.57. The molecule has 19 heavy (non-hydrogen) atoms. The summed E-state index contributed by atoms with van der Waals surface area (Å²) in [6.45, 7) is 2.08. The molecule has 0 unspecified atom stereocenters. The molecule has 3 aromatic rings. The molecule has 5 heteroatoms. The van der Waals surface area contributed by atoms with Gasteiger partial charge in [0.05, 0.1) is 11.9 Å². The molecule has 2 heterocycles. The smallest absolute Gasteiger partial charge is 0.144 e. The van der Waals surface area contributed by atoms with E-state index in [0.717, 1.165) is 26.4 Å². The van der Waals surface area contributed by atoms with Crippen LogP contribution in [0.2, 0.25) is 0 Å². The van der Waals surface area contributed by atoms with E-state index in [-0.39, 0.29) is 0 Å². The fraction of sp³-hybridized carbons (Fsp3) is 0.0714. The SMILES string of the molecule is Cc1sc(-c2cnccn2)nc1-c1ccc(Br)cc1. The van der Waals surface area contributed by atoms with E-state index in [0.29, 0.717) is 0 Å². The van der Waals surface area contributed by atoms with Crippen LogP contribution in [0.5, 0.6) is 0 Å². The summed E-state index contributed by atoms with van der Waals surface area (Å²) in [4.78, 5) is 14.2. The van der Waals surface area contributed by atoms with Gasteiger partial charge in [-0.2, -0.15) is 0 Å². The van der Waals surface area contributed by atoms with E-state index >= 15 is 0 Å². The standard InChI is InChI=1S/C14H10BrN3S/c1-9-13(10-2-4-11(15)5-3-10)18-14(19-9)12-8-16-6-7-17-12/h2-8H,1H3. The molecule has 3 rings (SSSR count). The fourth-order valence-electron chi connectivity index (χ4n) is 1.79. The van der Waals surface area contributed by atoms with Crippen molar-refractivity contribution in [2.75, 3.05) is 0 Å². The highest BCUT2D eigenvalue weighted by Gasteiger charge is 2.11. The zero-order valence-corrected chi connectivity index (χ0v) is 12.6. The van der Waals surface area contributed by atoms with Crippen molar-refractivity contribution >= 4 is 27.3 Å². The second-order valence-corrected chi connectivity index (χ2v) is 6.14. The minimum absolute atomic E-state index is 0.818. The summed E-state index contributed by atoms with van der Waals surface area (Å²) in [6, 6.07) is 8.17. The maximum atomic E-state index is 4.68. The Bertz CT molecular complexity index is 692. The van der Waals surface area contributed by atoms with Crippen molar-refractivity contribution in [3.8, 4) is 22.0 Å². The molecule has 0 aliphatic heterocycles. The number of benzene rings is 1. The zero-order valence-electron chi connectivity index (χ0n) is 10.2. The van der Waals surface area contributed by atoms with Crippen LogP contribution in [0.15, 0.2) is 47.3 Å². The van der Waals surface area contributed by atoms with Crippen LogP contribution in [-0.4, -0.2) is 15.0 Å². The molecular formula is C14H10BrN3S. The van der Waals surface area contributed by atoms with Gasteiger partial charge in [0.1, 0.15) is 10.7 Å². The molecule has 1 aromatic carbocycles.